The molecule has 2 saturated heterocycles. The third-order valence-corrected chi connectivity index (χ3v) is 5.99. The predicted octanol–water partition coefficient (Wildman–Crippen LogP) is 3.09. The van der Waals surface area contributed by atoms with E-state index in [-0.39, 0.29) is 63.5 Å². The van der Waals surface area contributed by atoms with Crippen LogP contribution in [0.25, 0.3) is 0 Å². The standard InChI is InChI=1S/C19H33BN2O4.2H2S/c1-13-15-11-14(20-25-18(5,6)19(7,8)26-20)12-21(15)9-10-22(13)16(23)24-17(2,3)4;;/h11,13,15H,9-10,12H2,1-8H3;2*1H2/t13-,15-;;/m0../s1. The molecule has 0 saturated carbocycles. The Kier molecular flexibility index (Phi) is 7.72. The molecule has 0 aromatic carbocycles. The first-order chi connectivity index (χ1) is 11.8. The molecule has 0 spiro atoms. The number of amides is 1. The summed E-state index contributed by atoms with van der Waals surface area (Å²) in [6, 6.07) is 0.226. The maximum atomic E-state index is 12.5. The SMILES string of the molecule is C[C@H]1[C@@H]2C=C(B3OC(C)(C)C(C)(C)O3)CN2CCN1C(=O)OC(C)(C)C.S.S. The summed E-state index contributed by atoms with van der Waals surface area (Å²) in [6.45, 7) is 18.4. The molecule has 1 amide bonds. The monoisotopic (exact) mass is 432 g/mol. The molecule has 3 rings (SSSR count). The molecule has 162 valence electrons. The van der Waals surface area contributed by atoms with Gasteiger partial charge >= 0.3 is 13.2 Å². The van der Waals surface area contributed by atoms with Gasteiger partial charge in [0.1, 0.15) is 5.60 Å². The number of carbonyl (C=O) groups excluding carboxylic acids is 1. The minimum Gasteiger partial charge on any atom is -0.444 e. The van der Waals surface area contributed by atoms with E-state index in [2.05, 4.69) is 45.6 Å². The molecule has 0 aromatic heterocycles. The first-order valence-corrected chi connectivity index (χ1v) is 9.61. The van der Waals surface area contributed by atoms with E-state index in [1.165, 1.54) is 0 Å². The van der Waals surface area contributed by atoms with Gasteiger partial charge < -0.3 is 18.9 Å². The van der Waals surface area contributed by atoms with Crippen LogP contribution < -0.4 is 0 Å². The van der Waals surface area contributed by atoms with E-state index in [0.29, 0.717) is 6.54 Å². The van der Waals surface area contributed by atoms with Crippen LogP contribution in [0, 0.1) is 0 Å². The number of rotatable bonds is 1. The number of ether oxygens (including phenoxy) is 1. The van der Waals surface area contributed by atoms with Gasteiger partial charge in [0.15, 0.2) is 0 Å². The number of carbonyl (C=O) groups is 1. The average molecular weight is 432 g/mol. The Bertz CT molecular complexity index is 606. The van der Waals surface area contributed by atoms with Gasteiger partial charge in [0.2, 0.25) is 0 Å². The van der Waals surface area contributed by atoms with Crippen LogP contribution in [0.4, 0.5) is 4.79 Å². The Morgan fingerprint density at radius 2 is 1.68 bits per heavy atom. The van der Waals surface area contributed by atoms with Gasteiger partial charge in [-0.25, -0.2) is 4.79 Å². The zero-order valence-electron chi connectivity index (χ0n) is 18.5. The van der Waals surface area contributed by atoms with E-state index < -0.39 is 5.60 Å². The zero-order chi connectivity index (χ0) is 19.5. The lowest BCUT2D eigenvalue weighted by molar-refractivity contribution is -0.00416. The maximum absolute atomic E-state index is 12.5. The van der Waals surface area contributed by atoms with Crippen molar-refractivity contribution in [3.8, 4) is 0 Å². The molecule has 6 nitrogen and oxygen atoms in total. The molecule has 0 radical (unpaired) electrons. The second-order valence-electron chi connectivity index (χ2n) is 9.71. The molecule has 0 N–H and O–H groups in total. The highest BCUT2D eigenvalue weighted by Gasteiger charge is 2.54. The largest absolute Gasteiger partial charge is 0.491 e. The van der Waals surface area contributed by atoms with Crippen molar-refractivity contribution in [3.63, 3.8) is 0 Å². The second kappa shape index (κ2) is 8.42. The molecule has 3 aliphatic heterocycles. The van der Waals surface area contributed by atoms with Gasteiger partial charge in [0.05, 0.1) is 17.2 Å². The summed E-state index contributed by atoms with van der Waals surface area (Å²) in [5.41, 5.74) is 0.00491. The van der Waals surface area contributed by atoms with E-state index in [9.17, 15) is 4.79 Å². The number of piperazine rings is 1. The number of nitrogens with zero attached hydrogens (tertiary/aromatic N) is 2. The summed E-state index contributed by atoms with van der Waals surface area (Å²) < 4.78 is 18.0. The second-order valence-corrected chi connectivity index (χ2v) is 9.71. The van der Waals surface area contributed by atoms with Gasteiger partial charge in [-0.05, 0) is 60.9 Å². The van der Waals surface area contributed by atoms with Crippen LogP contribution in [-0.2, 0) is 14.0 Å². The highest BCUT2D eigenvalue weighted by Crippen LogP contribution is 2.40. The fraction of sp³-hybridized carbons (Fsp3) is 0.842. The molecule has 3 aliphatic rings. The van der Waals surface area contributed by atoms with Crippen LogP contribution in [0.3, 0.4) is 0 Å². The molecule has 28 heavy (non-hydrogen) atoms. The van der Waals surface area contributed by atoms with E-state index in [1.807, 2.05) is 25.7 Å². The van der Waals surface area contributed by atoms with Gasteiger partial charge in [-0.15, -0.1) is 0 Å². The summed E-state index contributed by atoms with van der Waals surface area (Å²) in [7, 11) is -0.312. The minimum absolute atomic E-state index is 0. The Balaban J connectivity index is 0.00000196. The smallest absolute Gasteiger partial charge is 0.444 e. The lowest BCUT2D eigenvalue weighted by Gasteiger charge is -2.43. The lowest BCUT2D eigenvalue weighted by atomic mass is 9.78. The van der Waals surface area contributed by atoms with Gasteiger partial charge in [-0.2, -0.15) is 27.0 Å². The van der Waals surface area contributed by atoms with Gasteiger partial charge in [-0.3, -0.25) is 4.90 Å². The van der Waals surface area contributed by atoms with E-state index in [1.54, 1.807) is 0 Å². The predicted molar refractivity (Wildman–Crippen MR) is 123 cm³/mol. The van der Waals surface area contributed by atoms with Crippen LogP contribution in [-0.4, -0.2) is 71.5 Å². The van der Waals surface area contributed by atoms with Gasteiger partial charge in [0, 0.05) is 25.7 Å². The van der Waals surface area contributed by atoms with Crippen molar-refractivity contribution in [1.29, 1.82) is 0 Å². The number of hydrogen-bond donors (Lipinski definition) is 0. The number of fused-ring (bicyclic) bond motifs is 1. The van der Waals surface area contributed by atoms with Crippen molar-refractivity contribution in [1.82, 2.24) is 9.80 Å². The molecule has 0 aliphatic carbocycles. The Morgan fingerprint density at radius 3 is 2.18 bits per heavy atom. The molecular weight excluding hydrogens is 395 g/mol. The van der Waals surface area contributed by atoms with Crippen molar-refractivity contribution >= 4 is 40.2 Å². The summed E-state index contributed by atoms with van der Waals surface area (Å²) in [5, 5.41) is 0. The fourth-order valence-corrected chi connectivity index (χ4v) is 3.74. The molecular formula is C19H37BN2O4S2. The highest BCUT2D eigenvalue weighted by atomic mass is 32.1. The Hall–Kier alpha value is -0.345. The Labute approximate surface area is 184 Å². The van der Waals surface area contributed by atoms with Crippen LogP contribution in [0.2, 0.25) is 0 Å². The topological polar surface area (TPSA) is 51.2 Å². The molecule has 0 bridgehead atoms. The van der Waals surface area contributed by atoms with Gasteiger partial charge in [-0.1, -0.05) is 6.08 Å². The summed E-state index contributed by atoms with van der Waals surface area (Å²) >= 11 is 0. The van der Waals surface area contributed by atoms with Crippen LogP contribution in [0.5, 0.6) is 0 Å². The van der Waals surface area contributed by atoms with E-state index >= 15 is 0 Å². The molecule has 3 heterocycles. The summed E-state index contributed by atoms with van der Waals surface area (Å²) in [6.07, 6.45) is 1.99. The minimum atomic E-state index is -0.479. The molecule has 9 heteroatoms. The maximum Gasteiger partial charge on any atom is 0.491 e. The average Bonchev–Trinajstić information content (AvgIpc) is 2.97. The van der Waals surface area contributed by atoms with Crippen molar-refractivity contribution in [2.45, 2.75) is 84.3 Å². The van der Waals surface area contributed by atoms with Crippen molar-refractivity contribution in [2.24, 2.45) is 0 Å². The molecule has 0 aromatic rings. The van der Waals surface area contributed by atoms with Crippen LogP contribution in [0.1, 0.15) is 55.4 Å². The van der Waals surface area contributed by atoms with Crippen LogP contribution >= 0.6 is 27.0 Å². The normalized spacial score (nSPS) is 28.8. The third kappa shape index (κ3) is 4.86. The zero-order valence-corrected chi connectivity index (χ0v) is 20.5. The highest BCUT2D eigenvalue weighted by molar-refractivity contribution is 7.59. The van der Waals surface area contributed by atoms with Crippen LogP contribution in [0.15, 0.2) is 11.5 Å². The number of hydrogen-bond acceptors (Lipinski definition) is 5. The molecule has 2 fully saturated rings. The quantitative estimate of drug-likeness (QED) is 0.596. The third-order valence-electron chi connectivity index (χ3n) is 5.99. The van der Waals surface area contributed by atoms with E-state index in [0.717, 1.165) is 18.6 Å². The Morgan fingerprint density at radius 1 is 1.14 bits per heavy atom. The summed E-state index contributed by atoms with van der Waals surface area (Å²) in [5.74, 6) is 0. The van der Waals surface area contributed by atoms with Gasteiger partial charge in [0.25, 0.3) is 0 Å². The lowest BCUT2D eigenvalue weighted by Crippen LogP contribution is -2.58. The molecule has 0 unspecified atom stereocenters. The van der Waals surface area contributed by atoms with Crippen molar-refractivity contribution in [2.75, 3.05) is 19.6 Å². The first kappa shape index (κ1) is 25.7. The fourth-order valence-electron chi connectivity index (χ4n) is 3.74. The van der Waals surface area contributed by atoms with E-state index in [4.69, 9.17) is 14.0 Å². The molecule has 2 atom stereocenters. The summed E-state index contributed by atoms with van der Waals surface area (Å²) in [4.78, 5) is 16.8. The van der Waals surface area contributed by atoms with Crippen molar-refractivity contribution < 1.29 is 18.8 Å². The first-order valence-electron chi connectivity index (χ1n) is 9.61. The van der Waals surface area contributed by atoms with Crippen molar-refractivity contribution in [3.05, 3.63) is 11.5 Å².